The molecule has 1 aromatic rings. The molecule has 152 valence electrons. The molecule has 2 saturated heterocycles. The molecule has 0 aromatic heterocycles. The van der Waals surface area contributed by atoms with Crippen LogP contribution in [0, 0.1) is 10.1 Å². The van der Waals surface area contributed by atoms with Gasteiger partial charge in [-0.1, -0.05) is 0 Å². The number of amides is 2. The molecule has 0 saturated carbocycles. The monoisotopic (exact) mass is 408 g/mol. The fourth-order valence-electron chi connectivity index (χ4n) is 3.62. The van der Waals surface area contributed by atoms with E-state index in [2.05, 4.69) is 17.9 Å². The molecule has 0 bridgehead atoms. The second-order valence-corrected chi connectivity index (χ2v) is 7.99. The Balaban J connectivity index is 1.43. The van der Waals surface area contributed by atoms with Gasteiger partial charge in [0.2, 0.25) is 5.91 Å². The van der Waals surface area contributed by atoms with Crippen molar-refractivity contribution in [2.45, 2.75) is 36.8 Å². The van der Waals surface area contributed by atoms with Crippen molar-refractivity contribution in [3.8, 4) is 0 Å². The minimum atomic E-state index is -0.564. The van der Waals surface area contributed by atoms with Gasteiger partial charge in [0.1, 0.15) is 6.61 Å². The number of hydrogen-bond acceptors (Lipinski definition) is 7. The van der Waals surface area contributed by atoms with Crippen LogP contribution in [0.4, 0.5) is 10.5 Å². The van der Waals surface area contributed by atoms with E-state index in [0.29, 0.717) is 25.1 Å². The zero-order valence-electron chi connectivity index (χ0n) is 15.6. The molecule has 28 heavy (non-hydrogen) atoms. The third kappa shape index (κ3) is 4.93. The van der Waals surface area contributed by atoms with Crippen LogP contribution in [0.5, 0.6) is 0 Å². The largest absolute Gasteiger partial charge is 0.445 e. The van der Waals surface area contributed by atoms with Gasteiger partial charge in [-0.3, -0.25) is 19.8 Å². The summed E-state index contributed by atoms with van der Waals surface area (Å²) in [5.41, 5.74) is 0.649. The number of thiol groups is 1. The topological polar surface area (TPSA) is 105 Å². The molecule has 0 unspecified atom stereocenters. The third-order valence-electron chi connectivity index (χ3n) is 5.15. The van der Waals surface area contributed by atoms with Crippen molar-refractivity contribution in [3.05, 3.63) is 39.9 Å². The number of benzene rings is 1. The van der Waals surface area contributed by atoms with E-state index >= 15 is 0 Å². The Hall–Kier alpha value is -2.33. The molecular formula is C18H24N4O5S. The lowest BCUT2D eigenvalue weighted by molar-refractivity contribution is -0.384. The van der Waals surface area contributed by atoms with Gasteiger partial charge in [-0.05, 0) is 37.6 Å². The Morgan fingerprint density at radius 2 is 2.04 bits per heavy atom. The minimum Gasteiger partial charge on any atom is -0.445 e. The van der Waals surface area contributed by atoms with E-state index < -0.39 is 11.0 Å². The highest BCUT2D eigenvalue weighted by atomic mass is 32.1. The van der Waals surface area contributed by atoms with Crippen LogP contribution in [0.15, 0.2) is 24.3 Å². The lowest BCUT2D eigenvalue weighted by atomic mass is 10.2. The van der Waals surface area contributed by atoms with Gasteiger partial charge in [0, 0.05) is 37.0 Å². The Bertz CT molecular complexity index is 744. The summed E-state index contributed by atoms with van der Waals surface area (Å²) < 4.78 is 5.18. The first-order chi connectivity index (χ1) is 13.3. The number of ether oxygens (including phenoxy) is 1. The van der Waals surface area contributed by atoms with Crippen molar-refractivity contribution in [1.82, 2.24) is 15.1 Å². The zero-order valence-corrected chi connectivity index (χ0v) is 16.5. The Kier molecular flexibility index (Phi) is 6.40. The molecule has 10 heteroatoms. The molecule has 1 aromatic carbocycles. The SMILES string of the molecule is CN1C[C@@H](S)C[C@H]1C(=O)N1CC[C@H](NC(=O)OCc2ccc([N+](=O)[O-])cc2)C1. The number of non-ortho nitro benzene ring substituents is 1. The summed E-state index contributed by atoms with van der Waals surface area (Å²) in [4.78, 5) is 38.7. The maximum absolute atomic E-state index is 12.7. The van der Waals surface area contributed by atoms with Gasteiger partial charge in [0.25, 0.3) is 5.69 Å². The van der Waals surface area contributed by atoms with Crippen LogP contribution < -0.4 is 5.32 Å². The number of nitrogens with zero attached hydrogens (tertiary/aromatic N) is 3. The molecule has 3 atom stereocenters. The molecule has 2 aliphatic rings. The van der Waals surface area contributed by atoms with E-state index in [1.165, 1.54) is 12.1 Å². The molecule has 2 aliphatic heterocycles. The predicted molar refractivity (Wildman–Crippen MR) is 105 cm³/mol. The summed E-state index contributed by atoms with van der Waals surface area (Å²) in [5, 5.41) is 13.6. The van der Waals surface area contributed by atoms with Crippen molar-refractivity contribution >= 4 is 30.3 Å². The normalized spacial score (nSPS) is 24.9. The van der Waals surface area contributed by atoms with Gasteiger partial charge in [-0.2, -0.15) is 12.6 Å². The van der Waals surface area contributed by atoms with Crippen LogP contribution in [-0.4, -0.2) is 70.7 Å². The molecule has 1 N–H and O–H groups in total. The number of hydrogen-bond donors (Lipinski definition) is 2. The number of carbonyl (C=O) groups is 2. The number of nitrogens with one attached hydrogen (secondary N) is 1. The maximum atomic E-state index is 12.7. The van der Waals surface area contributed by atoms with E-state index in [1.807, 2.05) is 11.9 Å². The molecule has 2 amide bonds. The summed E-state index contributed by atoms with van der Waals surface area (Å²) in [6.45, 7) is 1.89. The van der Waals surface area contributed by atoms with E-state index in [4.69, 9.17) is 4.74 Å². The van der Waals surface area contributed by atoms with Crippen LogP contribution in [0.3, 0.4) is 0 Å². The minimum absolute atomic E-state index is 0.0129. The number of likely N-dealkylation sites (tertiary alicyclic amines) is 2. The summed E-state index contributed by atoms with van der Waals surface area (Å²) in [5.74, 6) is 0.0857. The van der Waals surface area contributed by atoms with Crippen LogP contribution in [-0.2, 0) is 16.1 Å². The van der Waals surface area contributed by atoms with Gasteiger partial charge in [-0.25, -0.2) is 4.79 Å². The number of alkyl carbamates (subject to hydrolysis) is 1. The van der Waals surface area contributed by atoms with Crippen LogP contribution in [0.25, 0.3) is 0 Å². The van der Waals surface area contributed by atoms with Gasteiger partial charge < -0.3 is 15.0 Å². The molecule has 0 radical (unpaired) electrons. The second kappa shape index (κ2) is 8.78. The molecular weight excluding hydrogens is 384 g/mol. The lowest BCUT2D eigenvalue weighted by Gasteiger charge is -2.25. The third-order valence-corrected chi connectivity index (χ3v) is 5.52. The fraction of sp³-hybridized carbons (Fsp3) is 0.556. The fourth-order valence-corrected chi connectivity index (χ4v) is 4.08. The smallest absolute Gasteiger partial charge is 0.407 e. The van der Waals surface area contributed by atoms with Crippen molar-refractivity contribution in [1.29, 1.82) is 0 Å². The number of carbonyl (C=O) groups excluding carboxylic acids is 2. The summed E-state index contributed by atoms with van der Waals surface area (Å²) in [6, 6.07) is 5.54. The Morgan fingerprint density at radius 3 is 2.64 bits per heavy atom. The second-order valence-electron chi connectivity index (χ2n) is 7.26. The molecule has 2 fully saturated rings. The first-order valence-corrected chi connectivity index (χ1v) is 9.69. The Morgan fingerprint density at radius 1 is 1.32 bits per heavy atom. The quantitative estimate of drug-likeness (QED) is 0.434. The number of likely N-dealkylation sites (N-methyl/N-ethyl adjacent to an activating group) is 1. The predicted octanol–water partition coefficient (Wildman–Crippen LogP) is 1.42. The summed E-state index contributed by atoms with van der Waals surface area (Å²) in [6.07, 6.45) is 0.856. The number of nitro groups is 1. The average Bonchev–Trinajstić information content (AvgIpc) is 3.25. The van der Waals surface area contributed by atoms with Crippen LogP contribution in [0.1, 0.15) is 18.4 Å². The molecule has 0 spiro atoms. The lowest BCUT2D eigenvalue weighted by Crippen LogP contribution is -2.45. The standard InChI is InChI=1S/C18H24N4O5S/c1-20-10-15(28)8-16(20)17(23)21-7-6-13(9-21)19-18(24)27-11-12-2-4-14(5-3-12)22(25)26/h2-5,13,15-16,28H,6-11H2,1H3,(H,19,24)/t13-,15-,16-/m0/s1. The highest BCUT2D eigenvalue weighted by Crippen LogP contribution is 2.23. The van der Waals surface area contributed by atoms with Gasteiger partial charge in [0.05, 0.1) is 17.0 Å². The Labute approximate surface area is 168 Å². The highest BCUT2D eigenvalue weighted by Gasteiger charge is 2.38. The highest BCUT2D eigenvalue weighted by molar-refractivity contribution is 7.81. The van der Waals surface area contributed by atoms with Gasteiger partial charge >= 0.3 is 6.09 Å². The van der Waals surface area contributed by atoms with Crippen molar-refractivity contribution < 1.29 is 19.2 Å². The first-order valence-electron chi connectivity index (χ1n) is 9.17. The van der Waals surface area contributed by atoms with E-state index in [0.717, 1.165) is 13.0 Å². The van der Waals surface area contributed by atoms with E-state index in [-0.39, 0.29) is 35.5 Å². The van der Waals surface area contributed by atoms with Crippen molar-refractivity contribution in [3.63, 3.8) is 0 Å². The van der Waals surface area contributed by atoms with Gasteiger partial charge in [-0.15, -0.1) is 0 Å². The number of nitro benzene ring substituents is 1. The summed E-state index contributed by atoms with van der Waals surface area (Å²) >= 11 is 4.46. The molecule has 0 aliphatic carbocycles. The van der Waals surface area contributed by atoms with Crippen LogP contribution in [0.2, 0.25) is 0 Å². The van der Waals surface area contributed by atoms with E-state index in [9.17, 15) is 19.7 Å². The molecule has 3 rings (SSSR count). The van der Waals surface area contributed by atoms with Gasteiger partial charge in [0.15, 0.2) is 0 Å². The van der Waals surface area contributed by atoms with Crippen LogP contribution >= 0.6 is 12.6 Å². The first kappa shape index (κ1) is 20.4. The maximum Gasteiger partial charge on any atom is 0.407 e. The molecule has 9 nitrogen and oxygen atoms in total. The zero-order chi connectivity index (χ0) is 20.3. The van der Waals surface area contributed by atoms with E-state index in [1.54, 1.807) is 17.0 Å². The van der Waals surface area contributed by atoms with Crippen molar-refractivity contribution in [2.24, 2.45) is 0 Å². The average molecular weight is 408 g/mol. The molecule has 2 heterocycles. The van der Waals surface area contributed by atoms with Crippen molar-refractivity contribution in [2.75, 3.05) is 26.7 Å². The summed E-state index contributed by atoms with van der Waals surface area (Å²) in [7, 11) is 1.93. The number of rotatable bonds is 5.